The zero-order valence-electron chi connectivity index (χ0n) is 16.1. The number of carbonyl (C=O) groups is 3. The molecule has 0 bridgehead atoms. The van der Waals surface area contributed by atoms with Crippen LogP contribution in [0.15, 0.2) is 41.0 Å². The number of hydrogen-bond acceptors (Lipinski definition) is 7. The molecule has 3 N–H and O–H groups in total. The SMILES string of the molecule is COC(=O)c1coc2c1NC(=O)C(NC(=O)c1nnc(Cc3ccccc3)[nH]1)CC2. The highest BCUT2D eigenvalue weighted by molar-refractivity contribution is 6.05. The van der Waals surface area contributed by atoms with Crippen LogP contribution in [0.1, 0.15) is 44.5 Å². The molecule has 1 aromatic carbocycles. The molecule has 1 aliphatic rings. The average molecular weight is 409 g/mol. The van der Waals surface area contributed by atoms with Crippen molar-refractivity contribution in [2.24, 2.45) is 0 Å². The Morgan fingerprint density at radius 2 is 2.07 bits per heavy atom. The number of carbonyl (C=O) groups excluding carboxylic acids is 3. The molecule has 1 atom stereocenters. The van der Waals surface area contributed by atoms with E-state index < -0.39 is 23.8 Å². The summed E-state index contributed by atoms with van der Waals surface area (Å²) in [5, 5.41) is 13.2. The number of aromatic amines is 1. The van der Waals surface area contributed by atoms with Crippen LogP contribution in [-0.4, -0.2) is 46.1 Å². The van der Waals surface area contributed by atoms with E-state index in [4.69, 9.17) is 9.15 Å². The third kappa shape index (κ3) is 3.93. The van der Waals surface area contributed by atoms with Crippen molar-refractivity contribution in [3.8, 4) is 0 Å². The molecule has 4 rings (SSSR count). The molecule has 2 amide bonds. The smallest absolute Gasteiger partial charge is 0.343 e. The maximum atomic E-state index is 12.6. The summed E-state index contributed by atoms with van der Waals surface area (Å²) in [6.07, 6.45) is 2.40. The number of H-pyrrole nitrogens is 1. The third-order valence-electron chi connectivity index (χ3n) is 4.77. The minimum atomic E-state index is -0.826. The molecular formula is C20H19N5O5. The molecule has 0 radical (unpaired) electrons. The van der Waals surface area contributed by atoms with Crippen LogP contribution in [0.4, 0.5) is 5.69 Å². The molecule has 0 fully saturated rings. The minimum absolute atomic E-state index is 0.0184. The van der Waals surface area contributed by atoms with Crippen LogP contribution in [0.2, 0.25) is 0 Å². The lowest BCUT2D eigenvalue weighted by Gasteiger charge is -2.14. The summed E-state index contributed by atoms with van der Waals surface area (Å²) in [4.78, 5) is 39.8. The second-order valence-corrected chi connectivity index (χ2v) is 6.78. The highest BCUT2D eigenvalue weighted by Gasteiger charge is 2.31. The Bertz CT molecular complexity index is 1090. The number of benzene rings is 1. The van der Waals surface area contributed by atoms with Gasteiger partial charge in [0.25, 0.3) is 5.91 Å². The first-order valence-electron chi connectivity index (χ1n) is 9.31. The molecule has 2 aromatic heterocycles. The zero-order chi connectivity index (χ0) is 21.1. The van der Waals surface area contributed by atoms with Gasteiger partial charge in [-0.1, -0.05) is 30.3 Å². The second-order valence-electron chi connectivity index (χ2n) is 6.78. The van der Waals surface area contributed by atoms with Crippen molar-refractivity contribution in [1.29, 1.82) is 0 Å². The molecule has 10 nitrogen and oxygen atoms in total. The number of nitrogens with one attached hydrogen (secondary N) is 3. The Morgan fingerprint density at radius 1 is 1.27 bits per heavy atom. The predicted octanol–water partition coefficient (Wildman–Crippen LogP) is 1.46. The molecule has 30 heavy (non-hydrogen) atoms. The summed E-state index contributed by atoms with van der Waals surface area (Å²) in [5.41, 5.74) is 1.43. The van der Waals surface area contributed by atoms with Crippen LogP contribution in [0.3, 0.4) is 0 Å². The van der Waals surface area contributed by atoms with Gasteiger partial charge in [-0.2, -0.15) is 0 Å². The van der Waals surface area contributed by atoms with Gasteiger partial charge in [-0.05, 0) is 12.0 Å². The lowest BCUT2D eigenvalue weighted by molar-refractivity contribution is -0.118. The summed E-state index contributed by atoms with van der Waals surface area (Å²) in [5.74, 6) is -0.615. The van der Waals surface area contributed by atoms with E-state index in [-0.39, 0.29) is 17.1 Å². The lowest BCUT2D eigenvalue weighted by Crippen LogP contribution is -2.43. The topological polar surface area (TPSA) is 139 Å². The maximum absolute atomic E-state index is 12.6. The number of amides is 2. The monoisotopic (exact) mass is 409 g/mol. The fraction of sp³-hybridized carbons (Fsp3) is 0.250. The van der Waals surface area contributed by atoms with E-state index in [2.05, 4.69) is 25.8 Å². The van der Waals surface area contributed by atoms with Crippen molar-refractivity contribution in [3.63, 3.8) is 0 Å². The molecule has 3 heterocycles. The minimum Gasteiger partial charge on any atom is -0.466 e. The summed E-state index contributed by atoms with van der Waals surface area (Å²) in [6, 6.07) is 8.82. The van der Waals surface area contributed by atoms with Crippen molar-refractivity contribution < 1.29 is 23.5 Å². The molecule has 0 saturated carbocycles. The van der Waals surface area contributed by atoms with Gasteiger partial charge in [0, 0.05) is 12.8 Å². The Balaban J connectivity index is 1.42. The third-order valence-corrected chi connectivity index (χ3v) is 4.77. The lowest BCUT2D eigenvalue weighted by atomic mass is 10.1. The Labute approximate surface area is 171 Å². The number of aryl methyl sites for hydroxylation is 1. The van der Waals surface area contributed by atoms with Gasteiger partial charge in [0.2, 0.25) is 11.7 Å². The summed E-state index contributed by atoms with van der Waals surface area (Å²) in [6.45, 7) is 0. The van der Waals surface area contributed by atoms with Crippen LogP contribution in [0.5, 0.6) is 0 Å². The van der Waals surface area contributed by atoms with Crippen LogP contribution < -0.4 is 10.6 Å². The van der Waals surface area contributed by atoms with Gasteiger partial charge in [0.05, 0.1) is 12.8 Å². The van der Waals surface area contributed by atoms with Crippen LogP contribution in [0.25, 0.3) is 0 Å². The van der Waals surface area contributed by atoms with Gasteiger partial charge in [-0.25, -0.2) is 4.79 Å². The molecule has 0 saturated heterocycles. The molecule has 10 heteroatoms. The molecule has 3 aromatic rings. The van der Waals surface area contributed by atoms with Crippen molar-refractivity contribution in [1.82, 2.24) is 20.5 Å². The first-order chi connectivity index (χ1) is 14.5. The Hall–Kier alpha value is -3.95. The quantitative estimate of drug-likeness (QED) is 0.542. The fourth-order valence-electron chi connectivity index (χ4n) is 3.23. The van der Waals surface area contributed by atoms with Crippen molar-refractivity contribution in [2.45, 2.75) is 25.3 Å². The second kappa shape index (κ2) is 8.19. The van der Waals surface area contributed by atoms with Crippen LogP contribution >= 0.6 is 0 Å². The number of methoxy groups -OCH3 is 1. The molecule has 1 unspecified atom stereocenters. The molecule has 154 valence electrons. The number of ether oxygens (including phenoxy) is 1. The van der Waals surface area contributed by atoms with Crippen molar-refractivity contribution in [2.75, 3.05) is 12.4 Å². The predicted molar refractivity (Wildman–Crippen MR) is 104 cm³/mol. The average Bonchev–Trinajstić information content (AvgIpc) is 3.35. The van der Waals surface area contributed by atoms with Gasteiger partial charge in [-0.15, -0.1) is 10.2 Å². The number of aromatic nitrogens is 3. The van der Waals surface area contributed by atoms with E-state index in [1.165, 1.54) is 13.4 Å². The molecular weight excluding hydrogens is 390 g/mol. The number of nitrogens with zero attached hydrogens (tertiary/aromatic N) is 2. The first-order valence-corrected chi connectivity index (χ1v) is 9.31. The van der Waals surface area contributed by atoms with Crippen LogP contribution in [0, 0.1) is 0 Å². The van der Waals surface area contributed by atoms with E-state index in [9.17, 15) is 14.4 Å². The van der Waals surface area contributed by atoms with E-state index in [0.29, 0.717) is 30.8 Å². The van der Waals surface area contributed by atoms with E-state index in [1.807, 2.05) is 30.3 Å². The number of furan rings is 1. The van der Waals surface area contributed by atoms with E-state index >= 15 is 0 Å². The van der Waals surface area contributed by atoms with Gasteiger partial charge in [0.15, 0.2) is 0 Å². The van der Waals surface area contributed by atoms with Crippen molar-refractivity contribution >= 4 is 23.5 Å². The van der Waals surface area contributed by atoms with Gasteiger partial charge >= 0.3 is 5.97 Å². The normalized spacial score (nSPS) is 15.6. The molecule has 1 aliphatic heterocycles. The Morgan fingerprint density at radius 3 is 2.83 bits per heavy atom. The first kappa shape index (κ1) is 19.4. The number of esters is 1. The summed E-state index contributed by atoms with van der Waals surface area (Å²) in [7, 11) is 1.24. The Kier molecular flexibility index (Phi) is 5.29. The number of rotatable bonds is 5. The number of fused-ring (bicyclic) bond motifs is 1. The van der Waals surface area contributed by atoms with Gasteiger partial charge < -0.3 is 24.8 Å². The van der Waals surface area contributed by atoms with Gasteiger partial charge in [0.1, 0.15) is 29.5 Å². The van der Waals surface area contributed by atoms with E-state index in [0.717, 1.165) is 5.56 Å². The molecule has 0 aliphatic carbocycles. The van der Waals surface area contributed by atoms with E-state index in [1.54, 1.807) is 0 Å². The standard InChI is InChI=1S/C20H19N5O5/c1-29-20(28)12-10-30-14-8-7-13(18(26)23-16(12)14)21-19(27)17-22-15(24-25-17)9-11-5-3-2-4-6-11/h2-6,10,13H,7-9H2,1H3,(H,21,27)(H,23,26)(H,22,24,25). The zero-order valence-corrected chi connectivity index (χ0v) is 16.1. The summed E-state index contributed by atoms with van der Waals surface area (Å²) >= 11 is 0. The van der Waals surface area contributed by atoms with Gasteiger partial charge in [-0.3, -0.25) is 9.59 Å². The van der Waals surface area contributed by atoms with Crippen molar-refractivity contribution in [3.05, 3.63) is 65.1 Å². The fourth-order valence-corrected chi connectivity index (χ4v) is 3.23. The highest BCUT2D eigenvalue weighted by Crippen LogP contribution is 2.28. The molecule has 0 spiro atoms. The van der Waals surface area contributed by atoms with Crippen LogP contribution in [-0.2, 0) is 22.4 Å². The number of hydrogen-bond donors (Lipinski definition) is 3. The number of anilines is 1. The summed E-state index contributed by atoms with van der Waals surface area (Å²) < 4.78 is 10.1. The maximum Gasteiger partial charge on any atom is 0.343 e. The highest BCUT2D eigenvalue weighted by atomic mass is 16.5. The largest absolute Gasteiger partial charge is 0.466 e.